The maximum Gasteiger partial charge on any atom is 0.152 e. The van der Waals surface area contributed by atoms with Gasteiger partial charge in [-0.2, -0.15) is 0 Å². The summed E-state index contributed by atoms with van der Waals surface area (Å²) in [4.78, 5) is 4.43. The molecule has 1 aromatic carbocycles. The van der Waals surface area contributed by atoms with Crippen LogP contribution in [0.25, 0.3) is 10.9 Å². The number of halogens is 1. The van der Waals surface area contributed by atoms with Crippen molar-refractivity contribution in [1.82, 2.24) is 4.98 Å². The Kier molecular flexibility index (Phi) is 3.90. The smallest absolute Gasteiger partial charge is 0.152 e. The van der Waals surface area contributed by atoms with Crippen molar-refractivity contribution in [2.75, 3.05) is 25.6 Å². The molecule has 3 atom stereocenters. The first-order valence-electron chi connectivity index (χ1n) is 6.82. The molecule has 1 saturated heterocycles. The van der Waals surface area contributed by atoms with E-state index in [0.29, 0.717) is 5.75 Å². The van der Waals surface area contributed by atoms with E-state index in [-0.39, 0.29) is 13.2 Å². The van der Waals surface area contributed by atoms with E-state index in [9.17, 15) is 9.50 Å². The Morgan fingerprint density at radius 2 is 2.24 bits per heavy atom. The Morgan fingerprint density at radius 3 is 2.95 bits per heavy atom. The number of alkyl halides is 1. The predicted molar refractivity (Wildman–Crippen MR) is 77.4 cm³/mol. The quantitative estimate of drug-likeness (QED) is 0.899. The molecule has 6 heteroatoms. The number of nitrogens with one attached hydrogen (secondary N) is 1. The molecule has 5 nitrogen and oxygen atoms in total. The number of aliphatic hydroxyl groups excluding tert-OH is 1. The second-order valence-electron chi connectivity index (χ2n) is 4.99. The minimum Gasteiger partial charge on any atom is -0.491 e. The lowest BCUT2D eigenvalue weighted by Gasteiger charge is -2.15. The van der Waals surface area contributed by atoms with Crippen LogP contribution in [-0.4, -0.2) is 48.7 Å². The van der Waals surface area contributed by atoms with E-state index in [1.807, 2.05) is 30.3 Å². The van der Waals surface area contributed by atoms with Crippen molar-refractivity contribution < 1.29 is 19.0 Å². The number of rotatable bonds is 4. The molecule has 21 heavy (non-hydrogen) atoms. The molecule has 1 aliphatic rings. The highest BCUT2D eigenvalue weighted by Crippen LogP contribution is 2.23. The Morgan fingerprint density at radius 1 is 1.43 bits per heavy atom. The van der Waals surface area contributed by atoms with E-state index >= 15 is 0 Å². The summed E-state index contributed by atoms with van der Waals surface area (Å²) < 4.78 is 23.9. The number of aromatic nitrogens is 1. The van der Waals surface area contributed by atoms with Crippen LogP contribution >= 0.6 is 0 Å². The average molecular weight is 292 g/mol. The molecule has 2 heterocycles. The lowest BCUT2D eigenvalue weighted by molar-refractivity contribution is 0.00694. The molecule has 0 saturated carbocycles. The topological polar surface area (TPSA) is 63.6 Å². The van der Waals surface area contributed by atoms with Gasteiger partial charge >= 0.3 is 0 Å². The van der Waals surface area contributed by atoms with Crippen molar-refractivity contribution in [2.24, 2.45) is 0 Å². The average Bonchev–Trinajstić information content (AvgIpc) is 2.83. The summed E-state index contributed by atoms with van der Waals surface area (Å²) in [7, 11) is 1.81. The first-order valence-corrected chi connectivity index (χ1v) is 6.82. The number of anilines is 1. The van der Waals surface area contributed by atoms with Crippen molar-refractivity contribution in [1.29, 1.82) is 0 Å². The molecule has 1 aromatic heterocycles. The van der Waals surface area contributed by atoms with E-state index in [1.165, 1.54) is 0 Å². The number of hydrogen-bond donors (Lipinski definition) is 2. The van der Waals surface area contributed by atoms with Gasteiger partial charge in [-0.3, -0.25) is 0 Å². The maximum atomic E-state index is 13.1. The molecule has 2 aromatic rings. The van der Waals surface area contributed by atoms with E-state index in [2.05, 4.69) is 10.3 Å². The molecule has 3 rings (SSSR count). The largest absolute Gasteiger partial charge is 0.491 e. The third-order valence-corrected chi connectivity index (χ3v) is 3.55. The van der Waals surface area contributed by atoms with Crippen LogP contribution in [-0.2, 0) is 4.74 Å². The van der Waals surface area contributed by atoms with Crippen LogP contribution in [0, 0.1) is 0 Å². The molecule has 0 aliphatic carbocycles. The number of nitrogens with zero attached hydrogens (tertiary/aromatic N) is 1. The molecule has 3 unspecified atom stereocenters. The van der Waals surface area contributed by atoms with Crippen LogP contribution in [0.2, 0.25) is 0 Å². The van der Waals surface area contributed by atoms with Gasteiger partial charge in [-0.1, -0.05) is 0 Å². The van der Waals surface area contributed by atoms with Gasteiger partial charge in [0.15, 0.2) is 6.17 Å². The van der Waals surface area contributed by atoms with Crippen LogP contribution in [0.3, 0.4) is 0 Å². The molecule has 0 amide bonds. The zero-order valence-corrected chi connectivity index (χ0v) is 11.6. The van der Waals surface area contributed by atoms with Crippen molar-refractivity contribution in [2.45, 2.75) is 18.4 Å². The minimum absolute atomic E-state index is 0.0833. The van der Waals surface area contributed by atoms with Gasteiger partial charge in [-0.25, -0.2) is 9.37 Å². The normalized spacial score (nSPS) is 25.2. The molecular weight excluding hydrogens is 275 g/mol. The maximum absolute atomic E-state index is 13.1. The van der Waals surface area contributed by atoms with Crippen LogP contribution in [0.15, 0.2) is 30.3 Å². The second-order valence-corrected chi connectivity index (χ2v) is 4.99. The second kappa shape index (κ2) is 5.83. The van der Waals surface area contributed by atoms with Crippen LogP contribution < -0.4 is 10.1 Å². The molecule has 0 radical (unpaired) electrons. The lowest BCUT2D eigenvalue weighted by atomic mass is 10.2. The monoisotopic (exact) mass is 292 g/mol. The number of aliphatic hydroxyl groups is 1. The van der Waals surface area contributed by atoms with Crippen molar-refractivity contribution in [3.8, 4) is 5.75 Å². The fraction of sp³-hybridized carbons (Fsp3) is 0.400. The number of benzene rings is 1. The Bertz CT molecular complexity index is 637. The number of pyridine rings is 1. The Hall–Kier alpha value is -1.92. The molecule has 2 N–H and O–H groups in total. The van der Waals surface area contributed by atoms with Crippen molar-refractivity contribution in [3.63, 3.8) is 0 Å². The van der Waals surface area contributed by atoms with Crippen LogP contribution in [0.1, 0.15) is 0 Å². The predicted octanol–water partition coefficient (Wildman–Crippen LogP) is 1.75. The molecular formula is C15H17FN2O3. The summed E-state index contributed by atoms with van der Waals surface area (Å²) >= 11 is 0. The fourth-order valence-electron chi connectivity index (χ4n) is 2.30. The highest BCUT2D eigenvalue weighted by atomic mass is 19.1. The lowest BCUT2D eigenvalue weighted by Crippen LogP contribution is -2.32. The minimum atomic E-state index is -1.34. The molecule has 0 spiro atoms. The zero-order valence-electron chi connectivity index (χ0n) is 11.6. The summed E-state index contributed by atoms with van der Waals surface area (Å²) in [6.07, 6.45) is -3.10. The summed E-state index contributed by atoms with van der Waals surface area (Å²) in [5, 5.41) is 13.6. The van der Waals surface area contributed by atoms with Gasteiger partial charge in [-0.15, -0.1) is 0 Å². The highest BCUT2D eigenvalue weighted by molar-refractivity contribution is 5.81. The van der Waals surface area contributed by atoms with Gasteiger partial charge in [0.1, 0.15) is 30.4 Å². The van der Waals surface area contributed by atoms with E-state index < -0.39 is 18.4 Å². The third-order valence-electron chi connectivity index (χ3n) is 3.55. The van der Waals surface area contributed by atoms with Crippen LogP contribution in [0.5, 0.6) is 5.75 Å². The SMILES string of the molecule is CNc1ccc2ccc(OCC3OCC(F)C3O)cc2n1. The highest BCUT2D eigenvalue weighted by Gasteiger charge is 2.36. The Balaban J connectivity index is 1.72. The van der Waals surface area contributed by atoms with E-state index in [0.717, 1.165) is 16.7 Å². The first kappa shape index (κ1) is 14.0. The fourth-order valence-corrected chi connectivity index (χ4v) is 2.30. The van der Waals surface area contributed by atoms with E-state index in [1.54, 1.807) is 7.05 Å². The summed E-state index contributed by atoms with van der Waals surface area (Å²) in [6.45, 7) is 0.0266. The first-order chi connectivity index (χ1) is 10.2. The van der Waals surface area contributed by atoms with Gasteiger partial charge in [0.05, 0.1) is 12.1 Å². The van der Waals surface area contributed by atoms with Gasteiger partial charge < -0.3 is 19.9 Å². The Labute approximate surface area is 121 Å². The van der Waals surface area contributed by atoms with Crippen molar-refractivity contribution >= 4 is 16.7 Å². The third kappa shape index (κ3) is 2.91. The van der Waals surface area contributed by atoms with E-state index in [4.69, 9.17) is 9.47 Å². The van der Waals surface area contributed by atoms with Gasteiger partial charge in [0.2, 0.25) is 0 Å². The molecule has 0 bridgehead atoms. The van der Waals surface area contributed by atoms with Crippen molar-refractivity contribution in [3.05, 3.63) is 30.3 Å². The summed E-state index contributed by atoms with van der Waals surface area (Å²) in [5.74, 6) is 1.39. The number of ether oxygens (including phenoxy) is 2. The van der Waals surface area contributed by atoms with Gasteiger partial charge in [0, 0.05) is 18.5 Å². The number of fused-ring (bicyclic) bond motifs is 1. The molecule has 112 valence electrons. The summed E-state index contributed by atoms with van der Waals surface area (Å²) in [6, 6.07) is 9.39. The molecule has 1 aliphatic heterocycles. The molecule has 1 fully saturated rings. The van der Waals surface area contributed by atoms with Gasteiger partial charge in [-0.05, 0) is 24.3 Å². The standard InChI is InChI=1S/C15H17FN2O3/c1-17-14-5-3-9-2-4-10(6-12(9)18-14)20-8-13-15(19)11(16)7-21-13/h2-6,11,13,15,19H,7-8H2,1H3,(H,17,18). The zero-order chi connectivity index (χ0) is 14.8. The van der Waals surface area contributed by atoms with Gasteiger partial charge in [0.25, 0.3) is 0 Å². The number of hydrogen-bond acceptors (Lipinski definition) is 5. The summed E-state index contributed by atoms with van der Waals surface area (Å²) in [5.41, 5.74) is 0.801. The van der Waals surface area contributed by atoms with Crippen LogP contribution in [0.4, 0.5) is 10.2 Å².